The maximum Gasteiger partial charge on any atom is 0.311 e. The smallest absolute Gasteiger partial charge is 0.311 e. The van der Waals surface area contributed by atoms with Crippen molar-refractivity contribution in [2.75, 3.05) is 6.54 Å². The Bertz CT molecular complexity index is 514. The number of nitrogens with zero attached hydrogens (tertiary/aromatic N) is 1. The van der Waals surface area contributed by atoms with Crippen molar-refractivity contribution in [1.82, 2.24) is 5.32 Å². The minimum absolute atomic E-state index is 0.171. The van der Waals surface area contributed by atoms with Crippen molar-refractivity contribution in [1.29, 1.82) is 0 Å². The third-order valence-corrected chi connectivity index (χ3v) is 1.83. The second-order valence-corrected chi connectivity index (χ2v) is 3.17. The Hall–Kier alpha value is -2.55. The fourth-order valence-corrected chi connectivity index (χ4v) is 1.06. The van der Waals surface area contributed by atoms with Gasteiger partial charge in [0.2, 0.25) is 5.91 Å². The SMILES string of the molecule is CC(=O)NCC#Cc1ccc(O)c([N+](=O)[O-])c1. The minimum Gasteiger partial charge on any atom is -0.502 e. The molecule has 0 fully saturated rings. The minimum atomic E-state index is -0.686. The van der Waals surface area contributed by atoms with Crippen LogP contribution in [-0.4, -0.2) is 22.5 Å². The summed E-state index contributed by atoms with van der Waals surface area (Å²) < 4.78 is 0. The van der Waals surface area contributed by atoms with Gasteiger partial charge in [-0.3, -0.25) is 14.9 Å². The molecule has 88 valence electrons. The van der Waals surface area contributed by atoms with Gasteiger partial charge in [-0.1, -0.05) is 11.8 Å². The van der Waals surface area contributed by atoms with Gasteiger partial charge in [-0.25, -0.2) is 0 Å². The van der Waals surface area contributed by atoms with Gasteiger partial charge in [0.15, 0.2) is 5.75 Å². The summed E-state index contributed by atoms with van der Waals surface area (Å²) >= 11 is 0. The maximum absolute atomic E-state index is 10.5. The number of amides is 1. The lowest BCUT2D eigenvalue weighted by molar-refractivity contribution is -0.385. The lowest BCUT2D eigenvalue weighted by atomic mass is 10.2. The first-order chi connectivity index (χ1) is 8.00. The molecule has 2 N–H and O–H groups in total. The highest BCUT2D eigenvalue weighted by molar-refractivity contribution is 5.73. The molecule has 0 saturated heterocycles. The highest BCUT2D eigenvalue weighted by Gasteiger charge is 2.12. The van der Waals surface area contributed by atoms with Crippen molar-refractivity contribution in [3.05, 3.63) is 33.9 Å². The number of carbonyl (C=O) groups is 1. The third-order valence-electron chi connectivity index (χ3n) is 1.83. The van der Waals surface area contributed by atoms with Crippen LogP contribution in [0.25, 0.3) is 0 Å². The molecule has 1 amide bonds. The molecule has 1 aromatic rings. The van der Waals surface area contributed by atoms with E-state index < -0.39 is 16.4 Å². The van der Waals surface area contributed by atoms with Crippen LogP contribution in [0, 0.1) is 22.0 Å². The number of nitro benzene ring substituents is 1. The number of nitrogens with one attached hydrogen (secondary N) is 1. The first kappa shape index (κ1) is 12.5. The molecule has 0 aliphatic rings. The van der Waals surface area contributed by atoms with Crippen molar-refractivity contribution in [3.63, 3.8) is 0 Å². The lowest BCUT2D eigenvalue weighted by Gasteiger charge is -1.96. The molecule has 0 aromatic heterocycles. The van der Waals surface area contributed by atoms with Crippen LogP contribution < -0.4 is 5.32 Å². The number of phenols is 1. The summed E-state index contributed by atoms with van der Waals surface area (Å²) in [4.78, 5) is 20.4. The van der Waals surface area contributed by atoms with E-state index in [-0.39, 0.29) is 12.5 Å². The first-order valence-electron chi connectivity index (χ1n) is 4.71. The molecule has 17 heavy (non-hydrogen) atoms. The molecule has 6 nitrogen and oxygen atoms in total. The predicted molar refractivity (Wildman–Crippen MR) is 60.3 cm³/mol. The van der Waals surface area contributed by atoms with Gasteiger partial charge in [-0.15, -0.1) is 0 Å². The Morgan fingerprint density at radius 3 is 2.88 bits per heavy atom. The van der Waals surface area contributed by atoms with Gasteiger partial charge in [-0.2, -0.15) is 0 Å². The zero-order valence-electron chi connectivity index (χ0n) is 9.06. The summed E-state index contributed by atoms with van der Waals surface area (Å²) in [7, 11) is 0. The molecule has 0 unspecified atom stereocenters. The Morgan fingerprint density at radius 2 is 2.29 bits per heavy atom. The first-order valence-corrected chi connectivity index (χ1v) is 4.71. The number of carbonyl (C=O) groups excluding carboxylic acids is 1. The van der Waals surface area contributed by atoms with E-state index in [1.165, 1.54) is 25.1 Å². The molecular weight excluding hydrogens is 224 g/mol. The van der Waals surface area contributed by atoms with Crippen LogP contribution in [-0.2, 0) is 4.79 Å². The van der Waals surface area contributed by atoms with Gasteiger partial charge < -0.3 is 10.4 Å². The van der Waals surface area contributed by atoms with E-state index >= 15 is 0 Å². The summed E-state index contributed by atoms with van der Waals surface area (Å²) in [6.45, 7) is 1.54. The van der Waals surface area contributed by atoms with E-state index in [1.807, 2.05) is 0 Å². The van der Waals surface area contributed by atoms with Gasteiger partial charge >= 0.3 is 5.69 Å². The second-order valence-electron chi connectivity index (χ2n) is 3.17. The highest BCUT2D eigenvalue weighted by Crippen LogP contribution is 2.25. The molecule has 1 rings (SSSR count). The number of nitro groups is 1. The van der Waals surface area contributed by atoms with Crippen molar-refractivity contribution >= 4 is 11.6 Å². The van der Waals surface area contributed by atoms with E-state index in [1.54, 1.807) is 0 Å². The molecule has 0 atom stereocenters. The summed E-state index contributed by atoms with van der Waals surface area (Å²) in [5.41, 5.74) is 0.0104. The maximum atomic E-state index is 10.5. The van der Waals surface area contributed by atoms with Gasteiger partial charge in [-0.05, 0) is 12.1 Å². The van der Waals surface area contributed by atoms with Crippen LogP contribution in [0.5, 0.6) is 5.75 Å². The van der Waals surface area contributed by atoms with Crippen molar-refractivity contribution in [2.24, 2.45) is 0 Å². The van der Waals surface area contributed by atoms with E-state index in [4.69, 9.17) is 0 Å². The van der Waals surface area contributed by atoms with Crippen molar-refractivity contribution in [3.8, 4) is 17.6 Å². The normalized spacial score (nSPS) is 9.00. The molecule has 0 heterocycles. The molecule has 0 aliphatic carbocycles. The van der Waals surface area contributed by atoms with Gasteiger partial charge in [0.1, 0.15) is 0 Å². The van der Waals surface area contributed by atoms with Gasteiger partial charge in [0.05, 0.1) is 11.5 Å². The topological polar surface area (TPSA) is 92.5 Å². The fraction of sp³-hybridized carbons (Fsp3) is 0.182. The predicted octanol–water partition coefficient (Wildman–Crippen LogP) is 0.788. The van der Waals surface area contributed by atoms with Crippen LogP contribution in [0.15, 0.2) is 18.2 Å². The zero-order valence-corrected chi connectivity index (χ0v) is 9.06. The quantitative estimate of drug-likeness (QED) is 0.449. The van der Waals surface area contributed by atoms with Crippen molar-refractivity contribution in [2.45, 2.75) is 6.92 Å². The van der Waals surface area contributed by atoms with Crippen LogP contribution >= 0.6 is 0 Å². The summed E-state index contributed by atoms with van der Waals surface area (Å²) in [6.07, 6.45) is 0. The lowest BCUT2D eigenvalue weighted by Crippen LogP contribution is -2.19. The van der Waals surface area contributed by atoms with Crippen LogP contribution in [0.4, 0.5) is 5.69 Å². The standard InChI is InChI=1S/C11H10N2O4/c1-8(14)12-6-2-3-9-4-5-11(15)10(7-9)13(16)17/h4-5,7,15H,6H2,1H3,(H,12,14). The van der Waals surface area contributed by atoms with Crippen LogP contribution in [0.3, 0.4) is 0 Å². The van der Waals surface area contributed by atoms with Crippen LogP contribution in [0.1, 0.15) is 12.5 Å². The number of hydrogen-bond acceptors (Lipinski definition) is 4. The fourth-order valence-electron chi connectivity index (χ4n) is 1.06. The summed E-state index contributed by atoms with van der Waals surface area (Å²) in [5.74, 6) is 4.68. The molecule has 0 spiro atoms. The van der Waals surface area contributed by atoms with E-state index in [9.17, 15) is 20.0 Å². The molecule has 0 aliphatic heterocycles. The molecule has 0 radical (unpaired) electrons. The van der Waals surface area contributed by atoms with Crippen LogP contribution in [0.2, 0.25) is 0 Å². The number of hydrogen-bond donors (Lipinski definition) is 2. The third kappa shape index (κ3) is 3.83. The van der Waals surface area contributed by atoms with E-state index in [2.05, 4.69) is 17.2 Å². The van der Waals surface area contributed by atoms with E-state index in [0.717, 1.165) is 0 Å². The van der Waals surface area contributed by atoms with Gasteiger partial charge in [0.25, 0.3) is 0 Å². The molecular formula is C11H10N2O4. The average molecular weight is 234 g/mol. The molecule has 6 heteroatoms. The zero-order chi connectivity index (χ0) is 12.8. The molecule has 1 aromatic carbocycles. The Kier molecular flexibility index (Phi) is 4.06. The summed E-state index contributed by atoms with van der Waals surface area (Å²) in [5, 5.41) is 22.2. The molecule has 0 saturated carbocycles. The summed E-state index contributed by atoms with van der Waals surface area (Å²) in [6, 6.07) is 3.85. The average Bonchev–Trinajstić information content (AvgIpc) is 2.25. The highest BCUT2D eigenvalue weighted by atomic mass is 16.6. The number of rotatable bonds is 2. The second kappa shape index (κ2) is 5.51. The Balaban J connectivity index is 2.82. The number of aromatic hydroxyl groups is 1. The van der Waals surface area contributed by atoms with E-state index in [0.29, 0.717) is 5.56 Å². The monoisotopic (exact) mass is 234 g/mol. The number of phenolic OH excluding ortho intramolecular Hbond substituents is 1. The molecule has 0 bridgehead atoms. The largest absolute Gasteiger partial charge is 0.502 e. The van der Waals surface area contributed by atoms with Crippen molar-refractivity contribution < 1.29 is 14.8 Å². The Morgan fingerprint density at radius 1 is 1.59 bits per heavy atom. The van der Waals surface area contributed by atoms with Gasteiger partial charge in [0, 0.05) is 18.6 Å². The number of benzene rings is 1. The Labute approximate surface area is 97.4 Å².